The maximum Gasteiger partial charge on any atom is 0.409 e. The monoisotopic (exact) mass is 527 g/mol. The quantitative estimate of drug-likeness (QED) is 0.479. The predicted molar refractivity (Wildman–Crippen MR) is 133 cm³/mol. The summed E-state index contributed by atoms with van der Waals surface area (Å²) in [7, 11) is 1.34. The van der Waals surface area contributed by atoms with Crippen LogP contribution in [0.25, 0.3) is 5.95 Å². The Morgan fingerprint density at radius 3 is 2.84 bits per heavy atom. The number of ether oxygens (including phenoxy) is 3. The summed E-state index contributed by atoms with van der Waals surface area (Å²) in [6.45, 7) is 1.72. The summed E-state index contributed by atoms with van der Waals surface area (Å²) >= 11 is 6.31. The molecule has 0 bridgehead atoms. The molecule has 37 heavy (non-hydrogen) atoms. The Kier molecular flexibility index (Phi) is 7.26. The Balaban J connectivity index is 1.28. The van der Waals surface area contributed by atoms with Gasteiger partial charge < -0.3 is 29.3 Å². The molecule has 2 unspecified atom stereocenters. The molecule has 2 aliphatic rings. The van der Waals surface area contributed by atoms with Crippen LogP contribution >= 0.6 is 11.6 Å². The van der Waals surface area contributed by atoms with Gasteiger partial charge in [-0.2, -0.15) is 4.98 Å². The number of halogens is 1. The number of anilines is 1. The average molecular weight is 528 g/mol. The molecule has 0 spiro atoms. The first-order valence-electron chi connectivity index (χ1n) is 11.8. The Hall–Kier alpha value is -4.06. The normalized spacial score (nSPS) is 18.9. The van der Waals surface area contributed by atoms with Gasteiger partial charge in [0.25, 0.3) is 0 Å². The fraction of sp³-hybridized carbons (Fsp3) is 0.375. The summed E-state index contributed by atoms with van der Waals surface area (Å²) in [6.07, 6.45) is 4.25. The van der Waals surface area contributed by atoms with E-state index < -0.39 is 6.09 Å². The van der Waals surface area contributed by atoms with E-state index in [1.54, 1.807) is 34.3 Å². The average Bonchev–Trinajstić information content (AvgIpc) is 3.46. The van der Waals surface area contributed by atoms with Crippen LogP contribution < -0.4 is 19.7 Å². The van der Waals surface area contributed by atoms with Gasteiger partial charge in [-0.05, 0) is 12.1 Å². The van der Waals surface area contributed by atoms with Crippen molar-refractivity contribution in [2.75, 3.05) is 44.8 Å². The highest BCUT2D eigenvalue weighted by Gasteiger charge is 2.33. The summed E-state index contributed by atoms with van der Waals surface area (Å²) in [5, 5.41) is 3.18. The van der Waals surface area contributed by atoms with Crippen molar-refractivity contribution in [1.29, 1.82) is 0 Å². The van der Waals surface area contributed by atoms with Crippen LogP contribution in [0.1, 0.15) is 6.42 Å². The molecule has 3 aromatic rings. The number of para-hydroxylation sites is 2. The minimum Gasteiger partial charge on any atom is -0.486 e. The van der Waals surface area contributed by atoms with Crippen LogP contribution in [0, 0.1) is 0 Å². The molecule has 194 valence electrons. The first-order chi connectivity index (χ1) is 18.0. The Bertz CT molecular complexity index is 1260. The zero-order valence-corrected chi connectivity index (χ0v) is 20.9. The molecule has 0 aliphatic carbocycles. The molecule has 1 fully saturated rings. The summed E-state index contributed by atoms with van der Waals surface area (Å²) < 4.78 is 18.2. The molecule has 13 heteroatoms. The number of methoxy groups -OCH3 is 1. The van der Waals surface area contributed by atoms with Gasteiger partial charge in [-0.25, -0.2) is 14.8 Å². The van der Waals surface area contributed by atoms with Crippen LogP contribution in [0.4, 0.5) is 10.6 Å². The van der Waals surface area contributed by atoms with E-state index in [4.69, 9.17) is 25.8 Å². The van der Waals surface area contributed by atoms with E-state index in [-0.39, 0.29) is 42.7 Å². The van der Waals surface area contributed by atoms with Gasteiger partial charge in [-0.1, -0.05) is 23.7 Å². The van der Waals surface area contributed by atoms with Crippen molar-refractivity contribution in [3.63, 3.8) is 0 Å². The lowest BCUT2D eigenvalue weighted by atomic mass is 10.1. The van der Waals surface area contributed by atoms with Crippen LogP contribution in [0.5, 0.6) is 11.5 Å². The summed E-state index contributed by atoms with van der Waals surface area (Å²) in [5.74, 6) is 2.04. The Morgan fingerprint density at radius 1 is 1.22 bits per heavy atom. The van der Waals surface area contributed by atoms with Gasteiger partial charge in [0.05, 0.1) is 19.7 Å². The number of carbonyl (C=O) groups excluding carboxylic acids is 2. The highest BCUT2D eigenvalue weighted by Crippen LogP contribution is 2.30. The molecule has 5 rings (SSSR count). The van der Waals surface area contributed by atoms with Crippen LogP contribution in [0.3, 0.4) is 0 Å². The van der Waals surface area contributed by atoms with Gasteiger partial charge in [0.2, 0.25) is 11.9 Å². The van der Waals surface area contributed by atoms with Crippen LogP contribution in [-0.4, -0.2) is 88.5 Å². The molecule has 1 aromatic carbocycles. The van der Waals surface area contributed by atoms with E-state index in [2.05, 4.69) is 20.3 Å². The minimum absolute atomic E-state index is 0.111. The highest BCUT2D eigenvalue weighted by molar-refractivity contribution is 6.29. The number of carbonyl (C=O) groups is 2. The molecular formula is C24H26ClN7O5. The lowest BCUT2D eigenvalue weighted by molar-refractivity contribution is -0.122. The zero-order chi connectivity index (χ0) is 25.8. The Morgan fingerprint density at radius 2 is 2.05 bits per heavy atom. The van der Waals surface area contributed by atoms with Crippen molar-refractivity contribution >= 4 is 29.4 Å². The summed E-state index contributed by atoms with van der Waals surface area (Å²) in [5.41, 5.74) is 0. The van der Waals surface area contributed by atoms with Gasteiger partial charge in [0, 0.05) is 44.5 Å². The molecule has 1 N–H and O–H groups in total. The molecular weight excluding hydrogens is 502 g/mol. The second kappa shape index (κ2) is 10.9. The number of amides is 2. The van der Waals surface area contributed by atoms with Crippen molar-refractivity contribution in [3.05, 3.63) is 54.2 Å². The standard InChI is InChI=1S/C24H26ClN7O5/c1-35-24(34)30-8-9-32(21-11-20(25)28-23(29-21)31-7-6-26-15-31)16(13-30)10-22(33)27-12-17-14-36-18-4-2-3-5-19(18)37-17/h2-7,11,15-17H,8-10,12-14H2,1H3,(H,27,33). The van der Waals surface area contributed by atoms with Crippen LogP contribution in [0.15, 0.2) is 49.1 Å². The smallest absolute Gasteiger partial charge is 0.409 e. The molecule has 2 atom stereocenters. The van der Waals surface area contributed by atoms with Gasteiger partial charge in [-0.15, -0.1) is 0 Å². The maximum absolute atomic E-state index is 13.0. The van der Waals surface area contributed by atoms with E-state index >= 15 is 0 Å². The molecule has 2 amide bonds. The highest BCUT2D eigenvalue weighted by atomic mass is 35.5. The van der Waals surface area contributed by atoms with Gasteiger partial charge >= 0.3 is 6.09 Å². The molecule has 0 radical (unpaired) electrons. The van der Waals surface area contributed by atoms with Gasteiger partial charge in [0.15, 0.2) is 11.5 Å². The molecule has 1 saturated heterocycles. The van der Waals surface area contributed by atoms with Crippen molar-refractivity contribution in [1.82, 2.24) is 29.7 Å². The number of rotatable bonds is 6. The lowest BCUT2D eigenvalue weighted by Crippen LogP contribution is -2.56. The number of piperazine rings is 1. The van der Waals surface area contributed by atoms with Crippen molar-refractivity contribution < 1.29 is 23.8 Å². The number of nitrogens with one attached hydrogen (secondary N) is 1. The number of hydrogen-bond donors (Lipinski definition) is 1. The van der Waals surface area contributed by atoms with Gasteiger partial charge in [-0.3, -0.25) is 9.36 Å². The summed E-state index contributed by atoms with van der Waals surface area (Å²) in [4.78, 5) is 41.7. The molecule has 0 saturated carbocycles. The second-order valence-electron chi connectivity index (χ2n) is 8.59. The first-order valence-corrected chi connectivity index (χ1v) is 12.2. The number of fused-ring (bicyclic) bond motifs is 1. The van der Waals surface area contributed by atoms with E-state index in [0.29, 0.717) is 43.0 Å². The topological polar surface area (TPSA) is 124 Å². The SMILES string of the molecule is COC(=O)N1CCN(c2cc(Cl)nc(-n3ccnc3)n2)C(CC(=O)NCC2COc3ccccc3O2)C1. The predicted octanol–water partition coefficient (Wildman–Crippen LogP) is 1.92. The van der Waals surface area contributed by atoms with E-state index in [0.717, 1.165) is 0 Å². The number of nitrogens with zero attached hydrogens (tertiary/aromatic N) is 6. The number of benzene rings is 1. The van der Waals surface area contributed by atoms with E-state index in [9.17, 15) is 9.59 Å². The number of aromatic nitrogens is 4. The molecule has 4 heterocycles. The number of imidazole rings is 1. The largest absolute Gasteiger partial charge is 0.486 e. The van der Waals surface area contributed by atoms with Gasteiger partial charge in [0.1, 0.15) is 30.0 Å². The first kappa shape index (κ1) is 24.6. The van der Waals surface area contributed by atoms with E-state index in [1.807, 2.05) is 29.2 Å². The van der Waals surface area contributed by atoms with E-state index in [1.165, 1.54) is 7.11 Å². The lowest BCUT2D eigenvalue weighted by Gasteiger charge is -2.41. The molecule has 2 aromatic heterocycles. The second-order valence-corrected chi connectivity index (χ2v) is 8.98. The fourth-order valence-corrected chi connectivity index (χ4v) is 4.51. The zero-order valence-electron chi connectivity index (χ0n) is 20.1. The number of hydrogen-bond acceptors (Lipinski definition) is 9. The third-order valence-electron chi connectivity index (χ3n) is 6.13. The van der Waals surface area contributed by atoms with Crippen LogP contribution in [-0.2, 0) is 9.53 Å². The maximum atomic E-state index is 13.0. The third kappa shape index (κ3) is 5.69. The third-order valence-corrected chi connectivity index (χ3v) is 6.32. The Labute approximate surface area is 218 Å². The fourth-order valence-electron chi connectivity index (χ4n) is 4.34. The summed E-state index contributed by atoms with van der Waals surface area (Å²) in [6, 6.07) is 8.68. The molecule has 12 nitrogen and oxygen atoms in total. The van der Waals surface area contributed by atoms with Crippen molar-refractivity contribution in [2.45, 2.75) is 18.6 Å². The molecule has 2 aliphatic heterocycles. The minimum atomic E-state index is -0.448. The van der Waals surface area contributed by atoms with Crippen molar-refractivity contribution in [2.24, 2.45) is 0 Å². The van der Waals surface area contributed by atoms with Crippen molar-refractivity contribution in [3.8, 4) is 17.4 Å². The van der Waals surface area contributed by atoms with Crippen LogP contribution in [0.2, 0.25) is 5.15 Å².